The molecule has 0 bridgehead atoms. The Morgan fingerprint density at radius 2 is 1.71 bits per heavy atom. The Labute approximate surface area is 204 Å². The van der Waals surface area contributed by atoms with Crippen LogP contribution >= 0.6 is 0 Å². The molecule has 170 valence electrons. The van der Waals surface area contributed by atoms with Crippen LogP contribution in [0.25, 0.3) is 50.1 Å². The molecule has 0 aliphatic heterocycles. The van der Waals surface area contributed by atoms with Gasteiger partial charge < -0.3 is 8.98 Å². The fourth-order valence-corrected chi connectivity index (χ4v) is 6.96. The van der Waals surface area contributed by atoms with E-state index in [1.54, 1.807) is 0 Å². The van der Waals surface area contributed by atoms with Gasteiger partial charge in [0.05, 0.1) is 11.0 Å². The molecule has 0 spiro atoms. The topological polar surface area (TPSA) is 31.0 Å². The van der Waals surface area contributed by atoms with Crippen LogP contribution in [0.3, 0.4) is 0 Å². The van der Waals surface area contributed by atoms with Crippen molar-refractivity contribution in [1.29, 1.82) is 0 Å². The number of rotatable bonds is 1. The van der Waals surface area contributed by atoms with Gasteiger partial charge >= 0.3 is 0 Å². The van der Waals surface area contributed by atoms with E-state index in [4.69, 9.17) is 4.42 Å². The summed E-state index contributed by atoms with van der Waals surface area (Å²) in [6, 6.07) is 13.1. The highest BCUT2D eigenvalue weighted by molar-refractivity contribution is 6.26. The Bertz CT molecular complexity index is 1810. The number of benzene rings is 2. The van der Waals surface area contributed by atoms with E-state index in [9.17, 15) is 0 Å². The summed E-state index contributed by atoms with van der Waals surface area (Å²) in [5.41, 5.74) is 11.6. The molecule has 0 saturated heterocycles. The van der Waals surface area contributed by atoms with Crippen molar-refractivity contribution in [3.05, 3.63) is 95.0 Å². The molecular formula is C32H26N2O. The summed E-state index contributed by atoms with van der Waals surface area (Å²) in [6.07, 6.45) is 17.3. The van der Waals surface area contributed by atoms with Gasteiger partial charge in [-0.3, -0.25) is 4.98 Å². The molecular weight excluding hydrogens is 428 g/mol. The Balaban J connectivity index is 1.70. The first-order valence-corrected chi connectivity index (χ1v) is 12.7. The van der Waals surface area contributed by atoms with Crippen LogP contribution in [0.5, 0.6) is 0 Å². The second-order valence-electron chi connectivity index (χ2n) is 10.6. The Morgan fingerprint density at radius 3 is 2.60 bits per heavy atom. The van der Waals surface area contributed by atoms with Crippen molar-refractivity contribution in [2.24, 2.45) is 0 Å². The Kier molecular flexibility index (Phi) is 3.69. The molecule has 0 fully saturated rings. The number of hydrogen-bond donors (Lipinski definition) is 0. The lowest BCUT2D eigenvalue weighted by molar-refractivity contribution is 0.544. The minimum absolute atomic E-state index is 0.115. The summed E-state index contributed by atoms with van der Waals surface area (Å²) in [4.78, 5) is 4.32. The fourth-order valence-electron chi connectivity index (χ4n) is 6.96. The monoisotopic (exact) mass is 454 g/mol. The molecule has 0 saturated carbocycles. The summed E-state index contributed by atoms with van der Waals surface area (Å²) < 4.78 is 9.29. The van der Waals surface area contributed by atoms with Gasteiger partial charge in [-0.1, -0.05) is 56.4 Å². The van der Waals surface area contributed by atoms with Crippen LogP contribution in [0.4, 0.5) is 0 Å². The lowest BCUT2D eigenvalue weighted by Gasteiger charge is -2.25. The quantitative estimate of drug-likeness (QED) is 0.255. The molecule has 0 unspecified atom stereocenters. The predicted octanol–water partition coefficient (Wildman–Crippen LogP) is 8.28. The van der Waals surface area contributed by atoms with Crippen molar-refractivity contribution < 1.29 is 4.42 Å². The van der Waals surface area contributed by atoms with Gasteiger partial charge in [0, 0.05) is 57.2 Å². The summed E-state index contributed by atoms with van der Waals surface area (Å²) in [5, 5.41) is 3.89. The number of hydrogen-bond acceptors (Lipinski definition) is 2. The number of fused-ring (bicyclic) bond motifs is 11. The first kappa shape index (κ1) is 19.5. The summed E-state index contributed by atoms with van der Waals surface area (Å²) >= 11 is 0. The van der Waals surface area contributed by atoms with Crippen LogP contribution < -0.4 is 0 Å². The van der Waals surface area contributed by atoms with Crippen LogP contribution in [-0.4, -0.2) is 9.55 Å². The van der Waals surface area contributed by atoms with Crippen molar-refractivity contribution in [2.75, 3.05) is 0 Å². The number of furan rings is 1. The van der Waals surface area contributed by atoms with E-state index >= 15 is 0 Å². The molecule has 0 radical (unpaired) electrons. The Hall–Kier alpha value is -3.85. The molecule has 0 atom stereocenters. The number of nitrogens with zero attached hydrogens (tertiary/aromatic N) is 2. The lowest BCUT2D eigenvalue weighted by Crippen LogP contribution is -2.18. The van der Waals surface area contributed by atoms with Crippen molar-refractivity contribution >= 4 is 44.4 Å². The van der Waals surface area contributed by atoms with Crippen LogP contribution in [-0.2, 0) is 11.8 Å². The minimum Gasteiger partial charge on any atom is -0.460 e. The zero-order valence-electron chi connectivity index (χ0n) is 20.1. The van der Waals surface area contributed by atoms with Crippen LogP contribution in [0.2, 0.25) is 0 Å². The predicted molar refractivity (Wildman–Crippen MR) is 144 cm³/mol. The summed E-state index contributed by atoms with van der Waals surface area (Å²) in [6.45, 7) is 4.79. The number of allylic oxidation sites excluding steroid dienone is 5. The van der Waals surface area contributed by atoms with Gasteiger partial charge in [-0.25, -0.2) is 0 Å². The van der Waals surface area contributed by atoms with Gasteiger partial charge in [-0.2, -0.15) is 0 Å². The third-order valence-electron chi connectivity index (χ3n) is 8.37. The third-order valence-corrected chi connectivity index (χ3v) is 8.37. The van der Waals surface area contributed by atoms with Gasteiger partial charge in [-0.05, 0) is 54.2 Å². The SMILES string of the molecule is CC1(C)C2=C(CCC=C2)c2c1c1c(c3ccccc3n1-c1ccncc1)c1c3c(oc21)CCC=C3. The van der Waals surface area contributed by atoms with E-state index in [0.717, 1.165) is 42.7 Å². The van der Waals surface area contributed by atoms with Crippen LogP contribution in [0, 0.1) is 0 Å². The lowest BCUT2D eigenvalue weighted by atomic mass is 9.79. The molecule has 3 nitrogen and oxygen atoms in total. The largest absolute Gasteiger partial charge is 0.460 e. The van der Waals surface area contributed by atoms with Crippen LogP contribution in [0.1, 0.15) is 55.6 Å². The average Bonchev–Trinajstić information content (AvgIpc) is 3.51. The summed E-state index contributed by atoms with van der Waals surface area (Å²) in [7, 11) is 0. The Morgan fingerprint density at radius 1 is 0.914 bits per heavy atom. The second kappa shape index (κ2) is 6.63. The zero-order chi connectivity index (χ0) is 23.3. The standard InChI is InChI=1S/C32H26N2O/c1-32(2)23-12-6-3-9-20(23)28-29(32)30-26(27-22-11-5-8-14-25(22)35-31(27)28)21-10-4-7-13-24(21)34(30)19-15-17-33-18-16-19/h4-7,10-13,15-18H,3,8-9,14H2,1-2H3. The maximum atomic E-state index is 6.82. The van der Waals surface area contributed by atoms with Gasteiger partial charge in [0.25, 0.3) is 0 Å². The highest BCUT2D eigenvalue weighted by Crippen LogP contribution is 2.57. The highest BCUT2D eigenvalue weighted by Gasteiger charge is 2.43. The normalized spacial score (nSPS) is 18.0. The molecule has 3 heterocycles. The van der Waals surface area contributed by atoms with Gasteiger partial charge in [0.15, 0.2) is 0 Å². The summed E-state index contributed by atoms with van der Waals surface area (Å²) in [5.74, 6) is 1.14. The highest BCUT2D eigenvalue weighted by atomic mass is 16.3. The molecule has 3 aliphatic carbocycles. The van der Waals surface area contributed by atoms with Gasteiger partial charge in [-0.15, -0.1) is 0 Å². The molecule has 3 aliphatic rings. The number of pyridine rings is 1. The third kappa shape index (κ3) is 2.34. The van der Waals surface area contributed by atoms with Crippen molar-refractivity contribution in [1.82, 2.24) is 9.55 Å². The fraction of sp³-hybridized carbons (Fsp3) is 0.219. The molecule has 35 heavy (non-hydrogen) atoms. The first-order chi connectivity index (χ1) is 17.2. The number of para-hydroxylation sites is 1. The molecule has 0 amide bonds. The molecule has 5 aromatic rings. The van der Waals surface area contributed by atoms with Crippen molar-refractivity contribution in [3.8, 4) is 5.69 Å². The van der Waals surface area contributed by atoms with E-state index in [1.807, 2.05) is 12.4 Å². The first-order valence-electron chi connectivity index (χ1n) is 12.7. The molecule has 3 aromatic heterocycles. The number of aromatic nitrogens is 2. The van der Waals surface area contributed by atoms with Crippen molar-refractivity contribution in [2.45, 2.75) is 44.9 Å². The number of aryl methyl sites for hydroxylation is 1. The molecule has 0 N–H and O–H groups in total. The van der Waals surface area contributed by atoms with E-state index in [0.29, 0.717) is 0 Å². The molecule has 8 rings (SSSR count). The maximum Gasteiger partial charge on any atom is 0.143 e. The van der Waals surface area contributed by atoms with E-state index in [-0.39, 0.29) is 5.41 Å². The minimum atomic E-state index is -0.115. The zero-order valence-corrected chi connectivity index (χ0v) is 20.1. The molecule has 3 heteroatoms. The van der Waals surface area contributed by atoms with E-state index < -0.39 is 0 Å². The van der Waals surface area contributed by atoms with Gasteiger partial charge in [0.1, 0.15) is 11.3 Å². The van der Waals surface area contributed by atoms with E-state index in [2.05, 4.69) is 84.1 Å². The van der Waals surface area contributed by atoms with Crippen LogP contribution in [0.15, 0.2) is 77.0 Å². The maximum absolute atomic E-state index is 6.82. The van der Waals surface area contributed by atoms with E-state index in [1.165, 1.54) is 55.0 Å². The molecule has 2 aromatic carbocycles. The average molecular weight is 455 g/mol. The second-order valence-corrected chi connectivity index (χ2v) is 10.6. The smallest absolute Gasteiger partial charge is 0.143 e. The van der Waals surface area contributed by atoms with Gasteiger partial charge in [0.2, 0.25) is 0 Å². The van der Waals surface area contributed by atoms with Crippen molar-refractivity contribution in [3.63, 3.8) is 0 Å².